The van der Waals surface area contributed by atoms with Crippen LogP contribution in [0.15, 0.2) is 84.2 Å². The van der Waals surface area contributed by atoms with Crippen molar-refractivity contribution in [2.24, 2.45) is 7.05 Å². The van der Waals surface area contributed by atoms with Gasteiger partial charge in [-0.25, -0.2) is 0 Å². The van der Waals surface area contributed by atoms with Crippen molar-refractivity contribution in [1.82, 2.24) is 19.3 Å². The van der Waals surface area contributed by atoms with Crippen LogP contribution in [0.25, 0.3) is 38.6 Å². The second-order valence-corrected chi connectivity index (χ2v) is 8.44. The van der Waals surface area contributed by atoms with Gasteiger partial charge in [-0.3, -0.25) is 19.0 Å². The summed E-state index contributed by atoms with van der Waals surface area (Å²) in [6.45, 7) is 2.98. The van der Waals surface area contributed by atoms with E-state index in [1.54, 1.807) is 10.7 Å². The minimum absolute atomic E-state index is 0.0580. The maximum absolute atomic E-state index is 13.2. The number of aromatic nitrogens is 4. The largest absolute Gasteiger partial charge is 0.348 e. The highest BCUT2D eigenvalue weighted by Gasteiger charge is 2.19. The second kappa shape index (κ2) is 7.45. The molecule has 0 unspecified atom stereocenters. The molecule has 162 valence electrons. The minimum atomic E-state index is -0.0580. The first kappa shape index (κ1) is 19.5. The molecule has 0 spiro atoms. The van der Waals surface area contributed by atoms with Crippen LogP contribution in [-0.2, 0) is 13.5 Å². The fraction of sp³-hybridized carbons (Fsp3) is 0.148. The van der Waals surface area contributed by atoms with Crippen molar-refractivity contribution < 1.29 is 0 Å². The van der Waals surface area contributed by atoms with Crippen LogP contribution in [0.3, 0.4) is 0 Å². The van der Waals surface area contributed by atoms with E-state index in [1.165, 1.54) is 5.56 Å². The molecule has 6 rings (SSSR count). The predicted molar refractivity (Wildman–Crippen MR) is 133 cm³/mol. The average Bonchev–Trinajstić information content (AvgIpc) is 3.45. The summed E-state index contributed by atoms with van der Waals surface area (Å²) in [5.41, 5.74) is 7.05. The first-order chi connectivity index (χ1) is 16.1. The SMILES string of the molecule is CC=CN1CCc2ccc(-n3c(=O)ccc4cnc5ccc(-c6cnn(C)c6)cc5c43)cc21. The van der Waals surface area contributed by atoms with Crippen LogP contribution in [-0.4, -0.2) is 25.9 Å². The molecule has 3 aromatic heterocycles. The smallest absolute Gasteiger partial charge is 0.255 e. The Hall–Kier alpha value is -4.19. The van der Waals surface area contributed by atoms with E-state index in [0.717, 1.165) is 57.3 Å². The van der Waals surface area contributed by atoms with Gasteiger partial charge in [-0.2, -0.15) is 5.10 Å². The molecule has 0 aliphatic carbocycles. The Bertz CT molecular complexity index is 1630. The first-order valence-electron chi connectivity index (χ1n) is 11.1. The molecular weight excluding hydrogens is 410 g/mol. The molecular formula is C27H23N5O. The van der Waals surface area contributed by atoms with Gasteiger partial charge in [0.2, 0.25) is 0 Å². The number of hydrogen-bond acceptors (Lipinski definition) is 4. The molecule has 0 saturated carbocycles. The fourth-order valence-corrected chi connectivity index (χ4v) is 4.78. The minimum Gasteiger partial charge on any atom is -0.348 e. The Labute approximate surface area is 191 Å². The zero-order valence-electron chi connectivity index (χ0n) is 18.6. The number of aryl methyl sites for hydroxylation is 1. The molecule has 1 aliphatic rings. The van der Waals surface area contributed by atoms with Gasteiger partial charge in [0.25, 0.3) is 5.56 Å². The van der Waals surface area contributed by atoms with Crippen LogP contribution in [0, 0.1) is 0 Å². The summed E-state index contributed by atoms with van der Waals surface area (Å²) >= 11 is 0. The van der Waals surface area contributed by atoms with Gasteiger partial charge in [-0.1, -0.05) is 18.2 Å². The van der Waals surface area contributed by atoms with E-state index < -0.39 is 0 Å². The van der Waals surface area contributed by atoms with Gasteiger partial charge in [0, 0.05) is 54.1 Å². The van der Waals surface area contributed by atoms with Crippen LogP contribution in [0.5, 0.6) is 0 Å². The van der Waals surface area contributed by atoms with Gasteiger partial charge in [0.05, 0.1) is 22.9 Å². The molecule has 6 nitrogen and oxygen atoms in total. The summed E-state index contributed by atoms with van der Waals surface area (Å²) < 4.78 is 3.61. The van der Waals surface area contributed by atoms with Crippen molar-refractivity contribution in [3.05, 3.63) is 95.3 Å². The third-order valence-electron chi connectivity index (χ3n) is 6.34. The average molecular weight is 434 g/mol. The molecule has 0 radical (unpaired) electrons. The number of nitrogens with zero attached hydrogens (tertiary/aromatic N) is 5. The molecule has 5 aromatic rings. The zero-order chi connectivity index (χ0) is 22.5. The van der Waals surface area contributed by atoms with Gasteiger partial charge >= 0.3 is 0 Å². The lowest BCUT2D eigenvalue weighted by Gasteiger charge is -2.17. The number of rotatable bonds is 3. The highest BCUT2D eigenvalue weighted by Crippen LogP contribution is 2.33. The quantitative estimate of drug-likeness (QED) is 0.382. The lowest BCUT2D eigenvalue weighted by atomic mass is 10.0. The summed E-state index contributed by atoms with van der Waals surface area (Å²) in [6.07, 6.45) is 10.8. The Morgan fingerprint density at radius 1 is 1.00 bits per heavy atom. The number of pyridine rings is 2. The highest BCUT2D eigenvalue weighted by atomic mass is 16.1. The maximum Gasteiger partial charge on any atom is 0.255 e. The number of hydrogen-bond donors (Lipinski definition) is 0. The lowest BCUT2D eigenvalue weighted by Crippen LogP contribution is -2.18. The molecule has 33 heavy (non-hydrogen) atoms. The molecule has 6 heteroatoms. The molecule has 0 fully saturated rings. The Kier molecular flexibility index (Phi) is 4.40. The molecule has 2 aromatic carbocycles. The summed E-state index contributed by atoms with van der Waals surface area (Å²) in [4.78, 5) is 20.1. The van der Waals surface area contributed by atoms with Crippen molar-refractivity contribution in [2.45, 2.75) is 13.3 Å². The summed E-state index contributed by atoms with van der Waals surface area (Å²) in [5.74, 6) is 0. The molecule has 0 amide bonds. The topological polar surface area (TPSA) is 56.0 Å². The van der Waals surface area contributed by atoms with Gasteiger partial charge < -0.3 is 4.90 Å². The number of benzene rings is 2. The third-order valence-corrected chi connectivity index (χ3v) is 6.34. The Morgan fingerprint density at radius 3 is 2.73 bits per heavy atom. The van der Waals surface area contributed by atoms with E-state index >= 15 is 0 Å². The van der Waals surface area contributed by atoms with Gasteiger partial charge in [0.15, 0.2) is 0 Å². The van der Waals surface area contributed by atoms with E-state index in [2.05, 4.69) is 45.4 Å². The van der Waals surface area contributed by atoms with Crippen molar-refractivity contribution in [3.8, 4) is 16.8 Å². The van der Waals surface area contributed by atoms with Gasteiger partial charge in [0.1, 0.15) is 0 Å². The van der Waals surface area contributed by atoms with Crippen molar-refractivity contribution >= 4 is 27.5 Å². The summed E-state index contributed by atoms with van der Waals surface area (Å²) in [5, 5.41) is 6.17. The van der Waals surface area contributed by atoms with Gasteiger partial charge in [-0.05, 0) is 61.0 Å². The third kappa shape index (κ3) is 3.14. The monoisotopic (exact) mass is 433 g/mol. The van der Waals surface area contributed by atoms with Crippen LogP contribution in [0.2, 0.25) is 0 Å². The summed E-state index contributed by atoms with van der Waals surface area (Å²) in [7, 11) is 1.91. The molecule has 0 atom stereocenters. The first-order valence-corrected chi connectivity index (χ1v) is 11.1. The number of allylic oxidation sites excluding steroid dienone is 1. The number of fused-ring (bicyclic) bond motifs is 4. The van der Waals surface area contributed by atoms with E-state index in [-0.39, 0.29) is 5.56 Å². The second-order valence-electron chi connectivity index (χ2n) is 8.44. The molecule has 0 bridgehead atoms. The van der Waals surface area contributed by atoms with E-state index in [1.807, 2.05) is 61.4 Å². The van der Waals surface area contributed by atoms with Crippen molar-refractivity contribution in [3.63, 3.8) is 0 Å². The van der Waals surface area contributed by atoms with Crippen LogP contribution < -0.4 is 10.5 Å². The van der Waals surface area contributed by atoms with Crippen LogP contribution in [0.4, 0.5) is 5.69 Å². The fourth-order valence-electron chi connectivity index (χ4n) is 4.78. The van der Waals surface area contributed by atoms with Crippen LogP contribution >= 0.6 is 0 Å². The molecule has 4 heterocycles. The van der Waals surface area contributed by atoms with E-state index in [0.29, 0.717) is 0 Å². The van der Waals surface area contributed by atoms with Crippen LogP contribution in [0.1, 0.15) is 12.5 Å². The lowest BCUT2D eigenvalue weighted by molar-refractivity contribution is 0.768. The molecule has 0 N–H and O–H groups in total. The van der Waals surface area contributed by atoms with E-state index in [4.69, 9.17) is 0 Å². The number of anilines is 1. The van der Waals surface area contributed by atoms with Crippen molar-refractivity contribution in [1.29, 1.82) is 0 Å². The van der Waals surface area contributed by atoms with E-state index in [9.17, 15) is 4.79 Å². The molecule has 1 aliphatic heterocycles. The Balaban J connectivity index is 1.64. The maximum atomic E-state index is 13.2. The predicted octanol–water partition coefficient (Wildman–Crippen LogP) is 4.84. The van der Waals surface area contributed by atoms with Gasteiger partial charge in [-0.15, -0.1) is 0 Å². The summed E-state index contributed by atoms with van der Waals surface area (Å²) in [6, 6.07) is 16.0. The molecule has 0 saturated heterocycles. The Morgan fingerprint density at radius 2 is 1.91 bits per heavy atom. The highest BCUT2D eigenvalue weighted by molar-refractivity contribution is 6.05. The normalized spacial score (nSPS) is 13.5. The standard InChI is InChI=1S/C27H23N5O/c1-3-11-31-12-10-18-4-7-22(14-25(18)31)32-26(33)9-6-20-15-28-24-8-5-19(13-23(24)27(20)32)21-16-29-30(2)17-21/h3-9,11,13-17H,10,12H2,1-2H3. The zero-order valence-corrected chi connectivity index (χ0v) is 18.6. The van der Waals surface area contributed by atoms with Crippen molar-refractivity contribution in [2.75, 3.05) is 11.4 Å².